The van der Waals surface area contributed by atoms with E-state index in [1.54, 1.807) is 36.4 Å². The number of amides is 1. The summed E-state index contributed by atoms with van der Waals surface area (Å²) < 4.78 is 23.6. The number of hydrogen-bond donors (Lipinski definition) is 2. The molecular formula is C21H26N2O4S. The summed E-state index contributed by atoms with van der Waals surface area (Å²) in [6, 6.07) is 13.4. The average molecular weight is 403 g/mol. The van der Waals surface area contributed by atoms with Crippen molar-refractivity contribution >= 4 is 32.9 Å². The molecule has 0 unspecified atom stereocenters. The van der Waals surface area contributed by atoms with E-state index >= 15 is 0 Å². The van der Waals surface area contributed by atoms with Crippen molar-refractivity contribution in [3.63, 3.8) is 0 Å². The van der Waals surface area contributed by atoms with Crippen molar-refractivity contribution in [1.82, 2.24) is 0 Å². The zero-order valence-corrected chi connectivity index (χ0v) is 16.8. The third kappa shape index (κ3) is 6.49. The van der Waals surface area contributed by atoms with Gasteiger partial charge in [-0.05, 0) is 31.0 Å². The Morgan fingerprint density at radius 1 is 0.893 bits per heavy atom. The van der Waals surface area contributed by atoms with Gasteiger partial charge in [0.25, 0.3) is 0 Å². The van der Waals surface area contributed by atoms with E-state index in [9.17, 15) is 18.0 Å². The number of nitrogens with two attached hydrogens (primary N) is 1. The topological polar surface area (TPSA) is 106 Å². The summed E-state index contributed by atoms with van der Waals surface area (Å²) in [5.41, 5.74) is 7.19. The highest BCUT2D eigenvalue weighted by atomic mass is 32.2. The minimum atomic E-state index is -3.43. The molecule has 0 spiro atoms. The van der Waals surface area contributed by atoms with Crippen LogP contribution in [0.3, 0.4) is 0 Å². The van der Waals surface area contributed by atoms with Crippen LogP contribution in [0, 0.1) is 0 Å². The Labute approximate surface area is 166 Å². The average Bonchev–Trinajstić information content (AvgIpc) is 2.65. The number of Topliss-reactive ketones (excluding diaryl/α,β-unsaturated/α-hetero) is 1. The number of carbonyl (C=O) groups is 2. The second-order valence-corrected chi connectivity index (χ2v) is 8.73. The van der Waals surface area contributed by atoms with Gasteiger partial charge in [0.15, 0.2) is 15.6 Å². The molecule has 0 heterocycles. The Morgan fingerprint density at radius 2 is 1.50 bits per heavy atom. The first-order valence-corrected chi connectivity index (χ1v) is 11.1. The molecule has 2 aromatic carbocycles. The summed E-state index contributed by atoms with van der Waals surface area (Å²) in [7, 11) is -3.43. The number of sulfone groups is 1. The second kappa shape index (κ2) is 10.0. The maximum atomic E-state index is 12.3. The number of hydrogen-bond acceptors (Lipinski definition) is 5. The summed E-state index contributed by atoms with van der Waals surface area (Å²) >= 11 is 0. The quantitative estimate of drug-likeness (QED) is 0.357. The molecule has 0 aliphatic heterocycles. The van der Waals surface area contributed by atoms with Crippen molar-refractivity contribution < 1.29 is 18.0 Å². The molecule has 0 fully saturated rings. The normalized spacial score (nSPS) is 11.2. The molecule has 150 valence electrons. The first-order chi connectivity index (χ1) is 13.3. The van der Waals surface area contributed by atoms with Crippen LogP contribution in [-0.2, 0) is 14.6 Å². The molecule has 0 saturated carbocycles. The first-order valence-electron chi connectivity index (χ1n) is 9.25. The number of unbranched alkanes of at least 4 members (excludes halogenated alkanes) is 3. The SMILES string of the molecule is CS(=O)(=O)c1ccccc1C(=O)CCCCCCC(=O)Nc1ccccc1N. The molecule has 2 aromatic rings. The van der Waals surface area contributed by atoms with Gasteiger partial charge in [-0.2, -0.15) is 0 Å². The van der Waals surface area contributed by atoms with Crippen LogP contribution < -0.4 is 11.1 Å². The largest absolute Gasteiger partial charge is 0.397 e. The van der Waals surface area contributed by atoms with Crippen molar-refractivity contribution in [2.75, 3.05) is 17.3 Å². The van der Waals surface area contributed by atoms with E-state index in [0.717, 1.165) is 19.1 Å². The standard InChI is InChI=1S/C21H26N2O4S/c1-28(26,27)20-14-9-6-10-16(20)19(24)13-4-2-3-5-15-21(25)23-18-12-8-7-11-17(18)22/h6-12,14H,2-5,13,15,22H2,1H3,(H,23,25). The molecule has 6 nitrogen and oxygen atoms in total. The van der Waals surface area contributed by atoms with Crippen LogP contribution >= 0.6 is 0 Å². The number of carbonyl (C=O) groups excluding carboxylic acids is 2. The van der Waals surface area contributed by atoms with Gasteiger partial charge in [0.1, 0.15) is 0 Å². The maximum absolute atomic E-state index is 12.3. The highest BCUT2D eigenvalue weighted by Gasteiger charge is 2.17. The number of nitrogens with one attached hydrogen (secondary N) is 1. The summed E-state index contributed by atoms with van der Waals surface area (Å²) in [5, 5.41) is 2.79. The zero-order chi connectivity index (χ0) is 20.6. The molecule has 1 amide bonds. The Kier molecular flexibility index (Phi) is 7.75. The monoisotopic (exact) mass is 402 g/mol. The van der Waals surface area contributed by atoms with Gasteiger partial charge in [0.2, 0.25) is 5.91 Å². The fourth-order valence-electron chi connectivity index (χ4n) is 2.90. The van der Waals surface area contributed by atoms with Crippen LogP contribution in [0.25, 0.3) is 0 Å². The lowest BCUT2D eigenvalue weighted by atomic mass is 10.0. The van der Waals surface area contributed by atoms with Gasteiger partial charge in [-0.15, -0.1) is 0 Å². The van der Waals surface area contributed by atoms with E-state index in [4.69, 9.17) is 5.73 Å². The Bertz CT molecular complexity index is 939. The van der Waals surface area contributed by atoms with Gasteiger partial charge in [-0.1, -0.05) is 43.2 Å². The fourth-order valence-corrected chi connectivity index (χ4v) is 3.81. The van der Waals surface area contributed by atoms with Gasteiger partial charge < -0.3 is 11.1 Å². The minimum Gasteiger partial charge on any atom is -0.397 e. The molecule has 28 heavy (non-hydrogen) atoms. The minimum absolute atomic E-state index is 0.0804. The summed E-state index contributed by atoms with van der Waals surface area (Å²) in [4.78, 5) is 24.4. The number of ketones is 1. The van der Waals surface area contributed by atoms with Crippen LogP contribution in [0.2, 0.25) is 0 Å². The zero-order valence-electron chi connectivity index (χ0n) is 16.0. The first kappa shape index (κ1) is 21.6. The summed E-state index contributed by atoms with van der Waals surface area (Å²) in [6.07, 6.45) is 4.77. The lowest BCUT2D eigenvalue weighted by molar-refractivity contribution is -0.116. The van der Waals surface area contributed by atoms with E-state index < -0.39 is 9.84 Å². The molecule has 0 radical (unpaired) electrons. The lowest BCUT2D eigenvalue weighted by Gasteiger charge is -2.08. The van der Waals surface area contributed by atoms with Gasteiger partial charge >= 0.3 is 0 Å². The number of benzene rings is 2. The summed E-state index contributed by atoms with van der Waals surface area (Å²) in [5.74, 6) is -0.255. The van der Waals surface area contributed by atoms with E-state index in [1.807, 2.05) is 6.07 Å². The van der Waals surface area contributed by atoms with Gasteiger partial charge in [-0.25, -0.2) is 8.42 Å². The van der Waals surface area contributed by atoms with Crippen LogP contribution in [0.1, 0.15) is 48.9 Å². The summed E-state index contributed by atoms with van der Waals surface area (Å²) in [6.45, 7) is 0. The highest BCUT2D eigenvalue weighted by Crippen LogP contribution is 2.19. The molecular weight excluding hydrogens is 376 g/mol. The molecule has 0 atom stereocenters. The van der Waals surface area contributed by atoms with Crippen molar-refractivity contribution in [2.45, 2.75) is 43.4 Å². The van der Waals surface area contributed by atoms with E-state index in [2.05, 4.69) is 5.32 Å². The fraction of sp³-hybridized carbons (Fsp3) is 0.333. The number of nitrogen functional groups attached to an aromatic ring is 1. The van der Waals surface area contributed by atoms with Crippen molar-refractivity contribution in [1.29, 1.82) is 0 Å². The maximum Gasteiger partial charge on any atom is 0.224 e. The second-order valence-electron chi connectivity index (χ2n) is 6.74. The number of rotatable bonds is 10. The van der Waals surface area contributed by atoms with Crippen molar-refractivity contribution in [3.05, 3.63) is 54.1 Å². The van der Waals surface area contributed by atoms with Gasteiger partial charge in [-0.3, -0.25) is 9.59 Å². The van der Waals surface area contributed by atoms with Crippen LogP contribution in [0.4, 0.5) is 11.4 Å². The van der Waals surface area contributed by atoms with Crippen molar-refractivity contribution in [3.8, 4) is 0 Å². The molecule has 0 saturated heterocycles. The van der Waals surface area contributed by atoms with Crippen LogP contribution in [-0.4, -0.2) is 26.4 Å². The molecule has 2 rings (SSSR count). The molecule has 0 aliphatic rings. The van der Waals surface area contributed by atoms with E-state index in [0.29, 0.717) is 37.1 Å². The highest BCUT2D eigenvalue weighted by molar-refractivity contribution is 7.90. The van der Waals surface area contributed by atoms with Gasteiger partial charge in [0.05, 0.1) is 16.3 Å². The van der Waals surface area contributed by atoms with Crippen LogP contribution in [0.5, 0.6) is 0 Å². The smallest absolute Gasteiger partial charge is 0.224 e. The molecule has 0 bridgehead atoms. The lowest BCUT2D eigenvalue weighted by Crippen LogP contribution is -2.12. The Hall–Kier alpha value is -2.67. The predicted molar refractivity (Wildman–Crippen MR) is 111 cm³/mol. The predicted octanol–water partition coefficient (Wildman–Crippen LogP) is 3.83. The molecule has 3 N–H and O–H groups in total. The third-order valence-electron chi connectivity index (χ3n) is 4.38. The van der Waals surface area contributed by atoms with Gasteiger partial charge in [0, 0.05) is 24.7 Å². The Balaban J connectivity index is 1.70. The number of para-hydroxylation sites is 2. The molecule has 0 aliphatic carbocycles. The molecule has 0 aromatic heterocycles. The number of anilines is 2. The van der Waals surface area contributed by atoms with E-state index in [-0.39, 0.29) is 22.1 Å². The molecule has 7 heteroatoms. The van der Waals surface area contributed by atoms with E-state index in [1.165, 1.54) is 6.07 Å². The van der Waals surface area contributed by atoms with Crippen molar-refractivity contribution in [2.24, 2.45) is 0 Å². The third-order valence-corrected chi connectivity index (χ3v) is 5.53. The van der Waals surface area contributed by atoms with Crippen LogP contribution in [0.15, 0.2) is 53.4 Å². The Morgan fingerprint density at radius 3 is 2.18 bits per heavy atom.